The van der Waals surface area contributed by atoms with Crippen molar-refractivity contribution in [1.82, 2.24) is 9.78 Å². The van der Waals surface area contributed by atoms with Crippen LogP contribution < -0.4 is 0 Å². The van der Waals surface area contributed by atoms with Crippen LogP contribution in [-0.2, 0) is 11.3 Å². The molecular weight excluding hydrogens is 228 g/mol. The zero-order valence-corrected chi connectivity index (χ0v) is 10.5. The highest BCUT2D eigenvalue weighted by molar-refractivity contribution is 5.75. The topological polar surface area (TPSA) is 55.1 Å². The molecule has 1 N–H and O–H groups in total. The molecule has 1 atom stereocenters. The smallest absolute Gasteiger partial charge is 0.310 e. The average Bonchev–Trinajstić information content (AvgIpc) is 2.75. The Hall–Kier alpha value is -2.10. The molecule has 1 aromatic carbocycles. The van der Waals surface area contributed by atoms with Gasteiger partial charge in [-0.25, -0.2) is 0 Å². The molecule has 0 saturated heterocycles. The Kier molecular flexibility index (Phi) is 3.46. The quantitative estimate of drug-likeness (QED) is 0.898. The highest BCUT2D eigenvalue weighted by Gasteiger charge is 2.12. The third-order valence-electron chi connectivity index (χ3n) is 2.97. The van der Waals surface area contributed by atoms with Gasteiger partial charge in [-0.2, -0.15) is 5.10 Å². The molecule has 94 valence electrons. The van der Waals surface area contributed by atoms with Crippen molar-refractivity contribution in [2.45, 2.75) is 26.3 Å². The lowest BCUT2D eigenvalue weighted by Crippen LogP contribution is -2.07. The molecule has 0 aliphatic heterocycles. The number of carboxylic acid groups (broad SMARTS) is 1. The van der Waals surface area contributed by atoms with E-state index >= 15 is 0 Å². The van der Waals surface area contributed by atoms with E-state index < -0.39 is 11.9 Å². The average molecular weight is 244 g/mol. The lowest BCUT2D eigenvalue weighted by molar-refractivity contribution is -0.138. The number of hydrogen-bond donors (Lipinski definition) is 1. The molecule has 1 aromatic heterocycles. The molecule has 0 saturated carbocycles. The normalized spacial score (nSPS) is 12.3. The summed E-state index contributed by atoms with van der Waals surface area (Å²) in [6.07, 6.45) is 1.93. The summed E-state index contributed by atoms with van der Waals surface area (Å²) < 4.78 is 1.87. The summed E-state index contributed by atoms with van der Waals surface area (Å²) in [5, 5.41) is 13.2. The van der Waals surface area contributed by atoms with E-state index in [0.717, 1.165) is 16.8 Å². The molecule has 0 bridgehead atoms. The Bertz CT molecular complexity index is 543. The summed E-state index contributed by atoms with van der Waals surface area (Å²) in [5.41, 5.74) is 2.92. The summed E-state index contributed by atoms with van der Waals surface area (Å²) in [7, 11) is 0. The van der Waals surface area contributed by atoms with Crippen LogP contribution in [0.15, 0.2) is 36.5 Å². The van der Waals surface area contributed by atoms with Crippen LogP contribution in [0.2, 0.25) is 0 Å². The van der Waals surface area contributed by atoms with Gasteiger partial charge in [-0.3, -0.25) is 9.48 Å². The molecule has 1 unspecified atom stereocenters. The van der Waals surface area contributed by atoms with E-state index in [1.54, 1.807) is 6.92 Å². The fraction of sp³-hybridized carbons (Fsp3) is 0.286. The van der Waals surface area contributed by atoms with Gasteiger partial charge >= 0.3 is 5.97 Å². The van der Waals surface area contributed by atoms with E-state index in [2.05, 4.69) is 5.10 Å². The monoisotopic (exact) mass is 244 g/mol. The highest BCUT2D eigenvalue weighted by Crippen LogP contribution is 2.16. The van der Waals surface area contributed by atoms with Crippen LogP contribution >= 0.6 is 0 Å². The van der Waals surface area contributed by atoms with E-state index in [1.807, 2.05) is 48.1 Å². The van der Waals surface area contributed by atoms with E-state index in [1.165, 1.54) is 0 Å². The third kappa shape index (κ3) is 2.77. The molecule has 0 radical (unpaired) electrons. The van der Waals surface area contributed by atoms with Crippen LogP contribution in [0.1, 0.15) is 29.7 Å². The van der Waals surface area contributed by atoms with Gasteiger partial charge in [0, 0.05) is 6.20 Å². The Morgan fingerprint density at radius 2 is 2.00 bits per heavy atom. The first-order chi connectivity index (χ1) is 8.56. The van der Waals surface area contributed by atoms with Gasteiger partial charge in [0.05, 0.1) is 18.2 Å². The molecule has 2 aromatic rings. The Balaban J connectivity index is 2.10. The number of aliphatic carboxylic acids is 1. The van der Waals surface area contributed by atoms with Crippen molar-refractivity contribution in [3.8, 4) is 0 Å². The summed E-state index contributed by atoms with van der Waals surface area (Å²) in [5.74, 6) is -1.27. The minimum atomic E-state index is -0.801. The Morgan fingerprint density at radius 3 is 2.50 bits per heavy atom. The molecule has 0 aliphatic carbocycles. The van der Waals surface area contributed by atoms with E-state index in [0.29, 0.717) is 6.54 Å². The van der Waals surface area contributed by atoms with Crippen molar-refractivity contribution < 1.29 is 9.90 Å². The van der Waals surface area contributed by atoms with E-state index in [-0.39, 0.29) is 0 Å². The Morgan fingerprint density at radius 1 is 1.33 bits per heavy atom. The SMILES string of the molecule is Cc1ccn(Cc2ccc(C(C)C(=O)O)cc2)n1. The maximum Gasteiger partial charge on any atom is 0.310 e. The number of carbonyl (C=O) groups is 1. The Labute approximate surface area is 106 Å². The number of hydrogen-bond acceptors (Lipinski definition) is 2. The molecule has 0 aliphatic rings. The fourth-order valence-electron chi connectivity index (χ4n) is 1.79. The first-order valence-electron chi connectivity index (χ1n) is 5.88. The van der Waals surface area contributed by atoms with Crippen molar-refractivity contribution in [3.05, 3.63) is 53.3 Å². The maximum absolute atomic E-state index is 10.9. The zero-order valence-electron chi connectivity index (χ0n) is 10.5. The number of benzene rings is 1. The number of carboxylic acids is 1. The van der Waals surface area contributed by atoms with Gasteiger partial charge in [-0.1, -0.05) is 24.3 Å². The fourth-order valence-corrected chi connectivity index (χ4v) is 1.79. The van der Waals surface area contributed by atoms with Crippen LogP contribution in [0.4, 0.5) is 0 Å². The predicted octanol–water partition coefficient (Wildman–Crippen LogP) is 2.43. The third-order valence-corrected chi connectivity index (χ3v) is 2.97. The molecular formula is C14H16N2O2. The maximum atomic E-state index is 10.9. The highest BCUT2D eigenvalue weighted by atomic mass is 16.4. The minimum absolute atomic E-state index is 0.467. The molecule has 0 fully saturated rings. The van der Waals surface area contributed by atoms with Gasteiger partial charge in [0.15, 0.2) is 0 Å². The first kappa shape index (κ1) is 12.4. The van der Waals surface area contributed by atoms with Crippen molar-refractivity contribution >= 4 is 5.97 Å². The van der Waals surface area contributed by atoms with E-state index in [9.17, 15) is 4.79 Å². The van der Waals surface area contributed by atoms with Gasteiger partial charge in [-0.15, -0.1) is 0 Å². The lowest BCUT2D eigenvalue weighted by Gasteiger charge is -2.08. The van der Waals surface area contributed by atoms with Crippen molar-refractivity contribution in [3.63, 3.8) is 0 Å². The summed E-state index contributed by atoms with van der Waals surface area (Å²) in [6.45, 7) is 4.35. The van der Waals surface area contributed by atoms with Crippen LogP contribution in [0.5, 0.6) is 0 Å². The molecule has 18 heavy (non-hydrogen) atoms. The van der Waals surface area contributed by atoms with Gasteiger partial charge in [0.2, 0.25) is 0 Å². The van der Waals surface area contributed by atoms with Gasteiger partial charge in [-0.05, 0) is 31.0 Å². The summed E-state index contributed by atoms with van der Waals surface area (Å²) >= 11 is 0. The second-order valence-corrected chi connectivity index (χ2v) is 4.46. The second kappa shape index (κ2) is 5.04. The standard InChI is InChI=1S/C14H16N2O2/c1-10-7-8-16(15-10)9-12-3-5-13(6-4-12)11(2)14(17)18/h3-8,11H,9H2,1-2H3,(H,17,18). The predicted molar refractivity (Wildman–Crippen MR) is 68.6 cm³/mol. The lowest BCUT2D eigenvalue weighted by atomic mass is 10.0. The molecule has 4 heteroatoms. The second-order valence-electron chi connectivity index (χ2n) is 4.46. The molecule has 4 nitrogen and oxygen atoms in total. The van der Waals surface area contributed by atoms with Crippen molar-refractivity contribution in [2.24, 2.45) is 0 Å². The largest absolute Gasteiger partial charge is 0.481 e. The van der Waals surface area contributed by atoms with Crippen LogP contribution in [-0.4, -0.2) is 20.9 Å². The number of nitrogens with zero attached hydrogens (tertiary/aromatic N) is 2. The van der Waals surface area contributed by atoms with Crippen LogP contribution in [0, 0.1) is 6.92 Å². The number of rotatable bonds is 4. The van der Waals surface area contributed by atoms with Crippen LogP contribution in [0.25, 0.3) is 0 Å². The molecule has 0 amide bonds. The van der Waals surface area contributed by atoms with Crippen LogP contribution in [0.3, 0.4) is 0 Å². The van der Waals surface area contributed by atoms with Gasteiger partial charge < -0.3 is 5.11 Å². The molecule has 1 heterocycles. The minimum Gasteiger partial charge on any atom is -0.481 e. The molecule has 2 rings (SSSR count). The number of aryl methyl sites for hydroxylation is 1. The van der Waals surface area contributed by atoms with Gasteiger partial charge in [0.1, 0.15) is 0 Å². The first-order valence-corrected chi connectivity index (χ1v) is 5.88. The summed E-state index contributed by atoms with van der Waals surface area (Å²) in [4.78, 5) is 10.9. The number of aromatic nitrogens is 2. The summed E-state index contributed by atoms with van der Waals surface area (Å²) in [6, 6.07) is 9.59. The van der Waals surface area contributed by atoms with Crippen molar-refractivity contribution in [1.29, 1.82) is 0 Å². The zero-order chi connectivity index (χ0) is 13.1. The van der Waals surface area contributed by atoms with Gasteiger partial charge in [0.25, 0.3) is 0 Å². The molecule has 0 spiro atoms. The van der Waals surface area contributed by atoms with Crippen molar-refractivity contribution in [2.75, 3.05) is 0 Å². The van der Waals surface area contributed by atoms with E-state index in [4.69, 9.17) is 5.11 Å².